The Balaban J connectivity index is 1.45. The number of benzene rings is 2. The molecule has 1 fully saturated rings. The number of aromatic nitrogens is 1. The Labute approximate surface area is 197 Å². The number of nitrogens with zero attached hydrogens (tertiary/aromatic N) is 4. The fourth-order valence-corrected chi connectivity index (χ4v) is 4.54. The molecule has 6 nitrogen and oxygen atoms in total. The first kappa shape index (κ1) is 21.8. The zero-order valence-electron chi connectivity index (χ0n) is 18.9. The number of anilines is 1. The van der Waals surface area contributed by atoms with Crippen LogP contribution in [0.2, 0.25) is 0 Å². The van der Waals surface area contributed by atoms with Crippen molar-refractivity contribution < 1.29 is 14.0 Å². The van der Waals surface area contributed by atoms with E-state index in [1.54, 1.807) is 30.5 Å². The zero-order chi connectivity index (χ0) is 23.7. The van der Waals surface area contributed by atoms with Crippen molar-refractivity contribution >= 4 is 23.1 Å². The maximum absolute atomic E-state index is 13.6. The van der Waals surface area contributed by atoms with Gasteiger partial charge in [-0.15, -0.1) is 0 Å². The van der Waals surface area contributed by atoms with Crippen molar-refractivity contribution in [2.75, 3.05) is 31.1 Å². The number of aryl methyl sites for hydroxylation is 1. The van der Waals surface area contributed by atoms with Gasteiger partial charge in [-0.3, -0.25) is 19.5 Å². The van der Waals surface area contributed by atoms with Crippen LogP contribution in [0.25, 0.3) is 5.57 Å². The number of hydrogen-bond acceptors (Lipinski definition) is 5. The van der Waals surface area contributed by atoms with Crippen molar-refractivity contribution in [2.45, 2.75) is 13.5 Å². The van der Waals surface area contributed by atoms with Crippen molar-refractivity contribution in [3.8, 4) is 0 Å². The molecule has 7 heteroatoms. The second-order valence-corrected chi connectivity index (χ2v) is 8.56. The fourth-order valence-electron chi connectivity index (χ4n) is 4.54. The third-order valence-electron chi connectivity index (χ3n) is 6.29. The summed E-state index contributed by atoms with van der Waals surface area (Å²) in [6, 6.07) is 19.5. The van der Waals surface area contributed by atoms with Crippen molar-refractivity contribution in [1.82, 2.24) is 14.8 Å². The summed E-state index contributed by atoms with van der Waals surface area (Å²) in [5, 5.41) is 0. The summed E-state index contributed by atoms with van der Waals surface area (Å²) in [5.41, 5.74) is 4.23. The van der Waals surface area contributed by atoms with Crippen LogP contribution in [0.15, 0.2) is 78.6 Å². The summed E-state index contributed by atoms with van der Waals surface area (Å²) in [6.45, 7) is 4.82. The Morgan fingerprint density at radius 3 is 2.26 bits per heavy atom. The van der Waals surface area contributed by atoms with E-state index >= 15 is 0 Å². The number of amides is 2. The number of rotatable bonds is 5. The lowest BCUT2D eigenvalue weighted by atomic mass is 10.0. The molecule has 0 aliphatic carbocycles. The van der Waals surface area contributed by atoms with E-state index in [1.807, 2.05) is 17.0 Å². The normalized spacial score (nSPS) is 16.6. The third-order valence-corrected chi connectivity index (χ3v) is 6.29. The maximum Gasteiger partial charge on any atom is 0.278 e. The van der Waals surface area contributed by atoms with Gasteiger partial charge in [0.2, 0.25) is 0 Å². The van der Waals surface area contributed by atoms with Gasteiger partial charge < -0.3 is 9.80 Å². The molecule has 3 heterocycles. The van der Waals surface area contributed by atoms with Crippen LogP contribution in [0.4, 0.5) is 10.1 Å². The number of piperazine rings is 1. The third kappa shape index (κ3) is 4.17. The quantitative estimate of drug-likeness (QED) is 0.549. The monoisotopic (exact) mass is 456 g/mol. The number of halogens is 1. The standard InChI is InChI=1S/C27H25FN4O2/c1-19-5-4-7-23(17-19)30-13-15-31(16-14-30)25-24(20-8-10-21(28)11-9-20)26(33)32(27(25)34)18-22-6-2-3-12-29-22/h2-12,17H,13-16,18H2,1H3. The van der Waals surface area contributed by atoms with Crippen molar-refractivity contribution in [3.05, 3.63) is 101 Å². The van der Waals surface area contributed by atoms with Crippen LogP contribution in [-0.2, 0) is 16.1 Å². The summed E-state index contributed by atoms with van der Waals surface area (Å²) in [4.78, 5) is 36.8. The largest absolute Gasteiger partial charge is 0.368 e. The molecule has 5 rings (SSSR count). The molecule has 0 saturated carbocycles. The van der Waals surface area contributed by atoms with Crippen LogP contribution < -0.4 is 4.90 Å². The summed E-state index contributed by atoms with van der Waals surface area (Å²) < 4.78 is 13.6. The van der Waals surface area contributed by atoms with E-state index in [2.05, 4.69) is 35.0 Å². The fraction of sp³-hybridized carbons (Fsp3) is 0.222. The molecule has 0 unspecified atom stereocenters. The van der Waals surface area contributed by atoms with E-state index in [0.717, 1.165) is 18.8 Å². The van der Waals surface area contributed by atoms with Crippen LogP contribution in [0.5, 0.6) is 0 Å². The van der Waals surface area contributed by atoms with Crippen LogP contribution in [0.3, 0.4) is 0 Å². The second-order valence-electron chi connectivity index (χ2n) is 8.56. The van der Waals surface area contributed by atoms with E-state index in [9.17, 15) is 14.0 Å². The predicted molar refractivity (Wildman–Crippen MR) is 128 cm³/mol. The minimum Gasteiger partial charge on any atom is -0.368 e. The lowest BCUT2D eigenvalue weighted by Crippen LogP contribution is -2.47. The second kappa shape index (κ2) is 9.09. The Bertz CT molecular complexity index is 1250. The highest BCUT2D eigenvalue weighted by atomic mass is 19.1. The number of imide groups is 1. The van der Waals surface area contributed by atoms with Gasteiger partial charge in [0.05, 0.1) is 17.8 Å². The Morgan fingerprint density at radius 2 is 1.59 bits per heavy atom. The minimum absolute atomic E-state index is 0.0932. The molecule has 172 valence electrons. The molecule has 0 bridgehead atoms. The van der Waals surface area contributed by atoms with Gasteiger partial charge in [-0.25, -0.2) is 4.39 Å². The Kier molecular flexibility index (Phi) is 5.84. The van der Waals surface area contributed by atoms with E-state index in [-0.39, 0.29) is 24.2 Å². The topological polar surface area (TPSA) is 56.8 Å². The van der Waals surface area contributed by atoms with Gasteiger partial charge in [-0.1, -0.05) is 30.3 Å². The smallest absolute Gasteiger partial charge is 0.278 e. The Morgan fingerprint density at radius 1 is 0.853 bits per heavy atom. The van der Waals surface area contributed by atoms with Gasteiger partial charge in [0.25, 0.3) is 11.8 Å². The van der Waals surface area contributed by atoms with Crippen molar-refractivity contribution in [2.24, 2.45) is 0 Å². The average Bonchev–Trinajstić information content (AvgIpc) is 3.10. The summed E-state index contributed by atoms with van der Waals surface area (Å²) in [6.07, 6.45) is 1.64. The predicted octanol–water partition coefficient (Wildman–Crippen LogP) is 3.63. The van der Waals surface area contributed by atoms with E-state index in [1.165, 1.54) is 22.6 Å². The van der Waals surface area contributed by atoms with Gasteiger partial charge in [0.15, 0.2) is 0 Å². The summed E-state index contributed by atoms with van der Waals surface area (Å²) in [7, 11) is 0. The molecule has 2 amide bonds. The lowest BCUT2D eigenvalue weighted by molar-refractivity contribution is -0.138. The molecule has 1 saturated heterocycles. The first-order valence-electron chi connectivity index (χ1n) is 11.3. The van der Waals surface area contributed by atoms with Crippen LogP contribution in [0.1, 0.15) is 16.8 Å². The van der Waals surface area contributed by atoms with Gasteiger partial charge >= 0.3 is 0 Å². The maximum atomic E-state index is 13.6. The first-order valence-corrected chi connectivity index (χ1v) is 11.3. The van der Waals surface area contributed by atoms with Gasteiger partial charge in [0.1, 0.15) is 11.5 Å². The first-order chi connectivity index (χ1) is 16.5. The molecule has 2 aliphatic heterocycles. The van der Waals surface area contributed by atoms with E-state index < -0.39 is 0 Å². The van der Waals surface area contributed by atoms with Crippen LogP contribution in [0, 0.1) is 12.7 Å². The minimum atomic E-state index is -0.389. The number of hydrogen-bond donors (Lipinski definition) is 0. The van der Waals surface area contributed by atoms with Crippen LogP contribution >= 0.6 is 0 Å². The highest BCUT2D eigenvalue weighted by molar-refractivity contribution is 6.35. The van der Waals surface area contributed by atoms with Crippen molar-refractivity contribution in [1.29, 1.82) is 0 Å². The molecule has 0 atom stereocenters. The molecule has 0 N–H and O–H groups in total. The molecular formula is C27H25FN4O2. The molecule has 0 radical (unpaired) electrons. The molecule has 1 aromatic heterocycles. The number of carbonyl (C=O) groups excluding carboxylic acids is 2. The SMILES string of the molecule is Cc1cccc(N2CCN(C3=C(c4ccc(F)cc4)C(=O)N(Cc4ccccn4)C3=O)CC2)c1. The molecule has 3 aromatic rings. The molecule has 34 heavy (non-hydrogen) atoms. The molecular weight excluding hydrogens is 431 g/mol. The van der Waals surface area contributed by atoms with Gasteiger partial charge in [-0.05, 0) is 54.4 Å². The number of pyridine rings is 1. The van der Waals surface area contributed by atoms with E-state index in [4.69, 9.17) is 0 Å². The zero-order valence-corrected chi connectivity index (χ0v) is 18.9. The molecule has 2 aliphatic rings. The number of carbonyl (C=O) groups is 2. The highest BCUT2D eigenvalue weighted by Gasteiger charge is 2.42. The van der Waals surface area contributed by atoms with Gasteiger partial charge in [0, 0.05) is 38.1 Å². The summed E-state index contributed by atoms with van der Waals surface area (Å²) in [5.74, 6) is -1.10. The van der Waals surface area contributed by atoms with Gasteiger partial charge in [-0.2, -0.15) is 0 Å². The van der Waals surface area contributed by atoms with Crippen LogP contribution in [-0.4, -0.2) is 52.8 Å². The lowest BCUT2D eigenvalue weighted by Gasteiger charge is -2.37. The highest BCUT2D eigenvalue weighted by Crippen LogP contribution is 2.33. The van der Waals surface area contributed by atoms with E-state index in [0.29, 0.717) is 35.6 Å². The summed E-state index contributed by atoms with van der Waals surface area (Å²) >= 11 is 0. The molecule has 0 spiro atoms. The van der Waals surface area contributed by atoms with Crippen molar-refractivity contribution in [3.63, 3.8) is 0 Å². The average molecular weight is 457 g/mol. The Hall–Kier alpha value is -4.00. The molecule has 2 aromatic carbocycles.